The van der Waals surface area contributed by atoms with Crippen LogP contribution in [0, 0.1) is 0 Å². The van der Waals surface area contributed by atoms with Crippen molar-refractivity contribution in [3.8, 4) is 5.75 Å². The van der Waals surface area contributed by atoms with Gasteiger partial charge in [-0.05, 0) is 31.2 Å². The summed E-state index contributed by atoms with van der Waals surface area (Å²) in [6, 6.07) is 7.23. The highest BCUT2D eigenvalue weighted by atomic mass is 32.2. The molecular formula is C13H18N2O2S2. The van der Waals surface area contributed by atoms with Gasteiger partial charge in [0.15, 0.2) is 0 Å². The lowest BCUT2D eigenvalue weighted by molar-refractivity contribution is -0.115. The molecule has 0 heterocycles. The van der Waals surface area contributed by atoms with E-state index in [1.54, 1.807) is 19.2 Å². The van der Waals surface area contributed by atoms with Crippen molar-refractivity contribution in [3.63, 3.8) is 0 Å². The predicted molar refractivity (Wildman–Crippen MR) is 84.9 cm³/mol. The average molecular weight is 298 g/mol. The van der Waals surface area contributed by atoms with Crippen LogP contribution in [0.15, 0.2) is 24.3 Å². The lowest BCUT2D eigenvalue weighted by Crippen LogP contribution is -2.23. The number of nitrogens with two attached hydrogens (primary N) is 1. The van der Waals surface area contributed by atoms with Crippen LogP contribution in [-0.4, -0.2) is 29.0 Å². The van der Waals surface area contributed by atoms with Gasteiger partial charge in [0, 0.05) is 17.9 Å². The van der Waals surface area contributed by atoms with E-state index in [1.165, 1.54) is 11.8 Å². The molecule has 0 spiro atoms. The van der Waals surface area contributed by atoms with Crippen LogP contribution in [0.25, 0.3) is 0 Å². The third-order valence-corrected chi connectivity index (χ3v) is 3.80. The van der Waals surface area contributed by atoms with Gasteiger partial charge in [-0.25, -0.2) is 0 Å². The van der Waals surface area contributed by atoms with Gasteiger partial charge in [-0.15, -0.1) is 11.8 Å². The Morgan fingerprint density at radius 3 is 2.63 bits per heavy atom. The first kappa shape index (κ1) is 15.8. The number of carbonyl (C=O) groups excluding carboxylic acids is 1. The molecule has 0 aliphatic rings. The first-order valence-corrected chi connectivity index (χ1v) is 7.33. The second-order valence-electron chi connectivity index (χ2n) is 3.95. The third kappa shape index (κ3) is 5.94. The summed E-state index contributed by atoms with van der Waals surface area (Å²) < 4.78 is 5.06. The molecule has 1 unspecified atom stereocenters. The Labute approximate surface area is 123 Å². The molecule has 1 aromatic carbocycles. The molecular weight excluding hydrogens is 280 g/mol. The van der Waals surface area contributed by atoms with Crippen LogP contribution in [-0.2, 0) is 4.79 Å². The second kappa shape index (κ2) is 8.01. The van der Waals surface area contributed by atoms with Crippen molar-refractivity contribution >= 4 is 40.6 Å². The van der Waals surface area contributed by atoms with E-state index in [-0.39, 0.29) is 11.2 Å². The van der Waals surface area contributed by atoms with Gasteiger partial charge in [0.2, 0.25) is 5.91 Å². The van der Waals surface area contributed by atoms with Crippen LogP contribution in [0.5, 0.6) is 5.75 Å². The molecule has 0 aliphatic heterocycles. The number of rotatable bonds is 7. The van der Waals surface area contributed by atoms with Gasteiger partial charge in [0.25, 0.3) is 0 Å². The van der Waals surface area contributed by atoms with Gasteiger partial charge in [0.1, 0.15) is 5.75 Å². The molecule has 1 aromatic rings. The molecule has 0 bridgehead atoms. The van der Waals surface area contributed by atoms with E-state index in [4.69, 9.17) is 22.7 Å². The van der Waals surface area contributed by atoms with Gasteiger partial charge in [-0.1, -0.05) is 12.2 Å². The van der Waals surface area contributed by atoms with Crippen LogP contribution >= 0.6 is 24.0 Å². The van der Waals surface area contributed by atoms with Crippen LogP contribution in [0.3, 0.4) is 0 Å². The van der Waals surface area contributed by atoms with Crippen molar-refractivity contribution in [2.75, 3.05) is 18.2 Å². The lowest BCUT2D eigenvalue weighted by atomic mass is 10.3. The Morgan fingerprint density at radius 2 is 2.11 bits per heavy atom. The Kier molecular flexibility index (Phi) is 6.66. The molecule has 0 aliphatic carbocycles. The van der Waals surface area contributed by atoms with Gasteiger partial charge in [0.05, 0.1) is 17.3 Å². The van der Waals surface area contributed by atoms with Crippen molar-refractivity contribution < 1.29 is 9.53 Å². The number of thiocarbonyl (C=S) groups is 1. The molecule has 1 atom stereocenters. The number of ether oxygens (including phenoxy) is 1. The number of hydrogen-bond acceptors (Lipinski definition) is 4. The minimum absolute atomic E-state index is 0.0295. The van der Waals surface area contributed by atoms with Gasteiger partial charge in [-0.2, -0.15) is 0 Å². The van der Waals surface area contributed by atoms with Crippen LogP contribution < -0.4 is 15.8 Å². The van der Waals surface area contributed by atoms with Crippen molar-refractivity contribution in [2.24, 2.45) is 5.73 Å². The Bertz CT molecular complexity index is 435. The van der Waals surface area contributed by atoms with E-state index in [9.17, 15) is 4.79 Å². The standard InChI is InChI=1S/C13H18N2O2S2/c1-9(19-8-7-12(14)18)13(16)15-10-3-5-11(17-2)6-4-10/h3-6,9H,7-8H2,1-2H3,(H2,14,18)(H,15,16). The number of benzene rings is 1. The second-order valence-corrected chi connectivity index (χ2v) is 5.92. The van der Waals surface area contributed by atoms with Crippen LogP contribution in [0.2, 0.25) is 0 Å². The molecule has 19 heavy (non-hydrogen) atoms. The summed E-state index contributed by atoms with van der Waals surface area (Å²) >= 11 is 6.33. The van der Waals surface area contributed by atoms with Crippen molar-refractivity contribution in [1.82, 2.24) is 0 Å². The monoisotopic (exact) mass is 298 g/mol. The highest BCUT2D eigenvalue weighted by molar-refractivity contribution is 8.00. The molecule has 0 fully saturated rings. The zero-order valence-electron chi connectivity index (χ0n) is 11.0. The van der Waals surface area contributed by atoms with Crippen molar-refractivity contribution in [3.05, 3.63) is 24.3 Å². The zero-order valence-corrected chi connectivity index (χ0v) is 12.6. The SMILES string of the molecule is COc1ccc(NC(=O)C(C)SCCC(N)=S)cc1. The summed E-state index contributed by atoms with van der Waals surface area (Å²) in [4.78, 5) is 12.4. The maximum atomic E-state index is 11.9. The number of hydrogen-bond donors (Lipinski definition) is 2. The summed E-state index contributed by atoms with van der Waals surface area (Å²) in [7, 11) is 1.61. The molecule has 6 heteroatoms. The summed E-state index contributed by atoms with van der Waals surface area (Å²) in [5.74, 6) is 1.49. The van der Waals surface area contributed by atoms with E-state index >= 15 is 0 Å². The van der Waals surface area contributed by atoms with Crippen LogP contribution in [0.1, 0.15) is 13.3 Å². The number of carbonyl (C=O) groups is 1. The molecule has 0 saturated heterocycles. The van der Waals surface area contributed by atoms with Gasteiger partial charge in [-0.3, -0.25) is 4.79 Å². The van der Waals surface area contributed by atoms with E-state index in [0.717, 1.165) is 17.2 Å². The topological polar surface area (TPSA) is 64.3 Å². The largest absolute Gasteiger partial charge is 0.497 e. The predicted octanol–water partition coefficient (Wildman–Crippen LogP) is 2.43. The first-order chi connectivity index (χ1) is 9.02. The minimum Gasteiger partial charge on any atom is -0.497 e. The molecule has 3 N–H and O–H groups in total. The minimum atomic E-state index is -0.142. The molecule has 0 aromatic heterocycles. The molecule has 1 amide bonds. The van der Waals surface area contributed by atoms with Crippen molar-refractivity contribution in [2.45, 2.75) is 18.6 Å². The Balaban J connectivity index is 2.42. The fraction of sp³-hybridized carbons (Fsp3) is 0.385. The Hall–Kier alpha value is -1.27. The quantitative estimate of drug-likeness (QED) is 0.757. The zero-order chi connectivity index (χ0) is 14.3. The van der Waals surface area contributed by atoms with E-state index in [2.05, 4.69) is 5.32 Å². The summed E-state index contributed by atoms with van der Waals surface area (Å²) in [6.07, 6.45) is 0.653. The fourth-order valence-electron chi connectivity index (χ4n) is 1.33. The maximum absolute atomic E-state index is 11.9. The van der Waals surface area contributed by atoms with Crippen LogP contribution in [0.4, 0.5) is 5.69 Å². The van der Waals surface area contributed by atoms with E-state index in [1.807, 2.05) is 19.1 Å². The number of methoxy groups -OCH3 is 1. The summed E-state index contributed by atoms with van der Waals surface area (Å²) in [6.45, 7) is 1.86. The number of nitrogens with one attached hydrogen (secondary N) is 1. The normalized spacial score (nSPS) is 11.7. The van der Waals surface area contributed by atoms with Gasteiger partial charge >= 0.3 is 0 Å². The summed E-state index contributed by atoms with van der Waals surface area (Å²) in [5, 5.41) is 2.71. The highest BCUT2D eigenvalue weighted by Gasteiger charge is 2.13. The third-order valence-electron chi connectivity index (χ3n) is 2.44. The molecule has 104 valence electrons. The fourth-order valence-corrected chi connectivity index (χ4v) is 2.46. The average Bonchev–Trinajstić information content (AvgIpc) is 2.39. The number of amides is 1. The van der Waals surface area contributed by atoms with Crippen molar-refractivity contribution in [1.29, 1.82) is 0 Å². The molecule has 0 radical (unpaired) electrons. The molecule has 0 saturated carbocycles. The Morgan fingerprint density at radius 1 is 1.47 bits per heavy atom. The lowest BCUT2D eigenvalue weighted by Gasteiger charge is -2.12. The maximum Gasteiger partial charge on any atom is 0.237 e. The van der Waals surface area contributed by atoms with E-state index < -0.39 is 0 Å². The van der Waals surface area contributed by atoms with Gasteiger partial charge < -0.3 is 15.8 Å². The molecule has 1 rings (SSSR count). The molecule has 4 nitrogen and oxygen atoms in total. The summed E-state index contributed by atoms with van der Waals surface area (Å²) in [5.41, 5.74) is 6.17. The smallest absolute Gasteiger partial charge is 0.237 e. The number of anilines is 1. The number of thioether (sulfide) groups is 1. The van der Waals surface area contributed by atoms with E-state index in [0.29, 0.717) is 11.4 Å². The highest BCUT2D eigenvalue weighted by Crippen LogP contribution is 2.17. The first-order valence-electron chi connectivity index (χ1n) is 5.87.